The van der Waals surface area contributed by atoms with Gasteiger partial charge in [0.25, 0.3) is 0 Å². The van der Waals surface area contributed by atoms with Gasteiger partial charge in [0.1, 0.15) is 11.5 Å². The van der Waals surface area contributed by atoms with Crippen molar-refractivity contribution in [3.63, 3.8) is 0 Å². The Kier molecular flexibility index (Phi) is 5.39. The Morgan fingerprint density at radius 2 is 1.88 bits per heavy atom. The summed E-state index contributed by atoms with van der Waals surface area (Å²) in [5.74, 6) is 2.51. The number of rotatable bonds is 6. The van der Waals surface area contributed by atoms with Gasteiger partial charge in [-0.2, -0.15) is 0 Å². The van der Waals surface area contributed by atoms with Gasteiger partial charge >= 0.3 is 0 Å². The number of thiophene rings is 1. The summed E-state index contributed by atoms with van der Waals surface area (Å²) in [6, 6.07) is 25.6. The Bertz CT molecular complexity index is 1330. The smallest absolute Gasteiger partial charge is 0.159 e. The molecule has 0 spiro atoms. The summed E-state index contributed by atoms with van der Waals surface area (Å²) in [6.07, 6.45) is 2.51. The maximum Gasteiger partial charge on any atom is 0.159 e. The molecule has 5 heteroatoms. The largest absolute Gasteiger partial charge is 0.496 e. The number of para-hydroxylation sites is 1. The number of anilines is 1. The molecular formula is C28H24BrNO2S. The van der Waals surface area contributed by atoms with Gasteiger partial charge in [-0.3, -0.25) is 0 Å². The van der Waals surface area contributed by atoms with Crippen molar-refractivity contribution in [3.05, 3.63) is 87.0 Å². The second kappa shape index (κ2) is 8.54. The number of benzene rings is 3. The molecule has 0 radical (unpaired) electrons. The first kappa shape index (κ1) is 20.8. The molecule has 1 atom stereocenters. The van der Waals surface area contributed by atoms with Crippen LogP contribution in [-0.4, -0.2) is 13.7 Å². The standard InChI is InChI=1S/C28H24BrNO2S/c1-31-23-7-4-8-24-27(23)20-12-11-18(15-21(20)28(32-24)25-13-14-26(29)33-25)19-5-2-3-6-22(19)30-16-17-9-10-17/h2-8,11-15,17,28,30H,9-10,16H2,1H3. The lowest BCUT2D eigenvalue weighted by Crippen LogP contribution is -2.15. The van der Waals surface area contributed by atoms with E-state index >= 15 is 0 Å². The van der Waals surface area contributed by atoms with Gasteiger partial charge in [0.15, 0.2) is 6.10 Å². The van der Waals surface area contributed by atoms with Gasteiger partial charge in [0.05, 0.1) is 21.3 Å². The summed E-state index contributed by atoms with van der Waals surface area (Å²) >= 11 is 5.34. The summed E-state index contributed by atoms with van der Waals surface area (Å²) in [7, 11) is 1.72. The van der Waals surface area contributed by atoms with E-state index in [1.807, 2.05) is 18.2 Å². The van der Waals surface area contributed by atoms with E-state index in [0.717, 1.165) is 44.4 Å². The van der Waals surface area contributed by atoms with Crippen LogP contribution in [0.15, 0.2) is 76.6 Å². The van der Waals surface area contributed by atoms with Gasteiger partial charge < -0.3 is 14.8 Å². The predicted octanol–water partition coefficient (Wildman–Crippen LogP) is 8.16. The fourth-order valence-electron chi connectivity index (χ4n) is 4.56. The fraction of sp³-hybridized carbons (Fsp3) is 0.214. The molecule has 1 fully saturated rings. The highest BCUT2D eigenvalue weighted by Gasteiger charge is 2.31. The molecule has 0 amide bonds. The number of methoxy groups -OCH3 is 1. The Labute approximate surface area is 206 Å². The van der Waals surface area contributed by atoms with Crippen molar-refractivity contribution in [1.29, 1.82) is 0 Å². The molecule has 1 aliphatic carbocycles. The van der Waals surface area contributed by atoms with Crippen LogP contribution in [0.2, 0.25) is 0 Å². The third-order valence-electron chi connectivity index (χ3n) is 6.42. The van der Waals surface area contributed by atoms with E-state index in [0.29, 0.717) is 0 Å². The fourth-order valence-corrected chi connectivity index (χ4v) is 6.03. The van der Waals surface area contributed by atoms with Crippen molar-refractivity contribution in [2.24, 2.45) is 5.92 Å². The summed E-state index contributed by atoms with van der Waals surface area (Å²) in [5, 5.41) is 3.68. The summed E-state index contributed by atoms with van der Waals surface area (Å²) in [4.78, 5) is 1.17. The second-order valence-corrected chi connectivity index (χ2v) is 11.1. The van der Waals surface area contributed by atoms with E-state index in [-0.39, 0.29) is 6.10 Å². The molecule has 3 nitrogen and oxygen atoms in total. The molecule has 0 bridgehead atoms. The van der Waals surface area contributed by atoms with Crippen LogP contribution in [0.3, 0.4) is 0 Å². The average molecular weight is 518 g/mol. The monoisotopic (exact) mass is 517 g/mol. The molecule has 1 unspecified atom stereocenters. The number of fused-ring (bicyclic) bond motifs is 3. The van der Waals surface area contributed by atoms with E-state index in [9.17, 15) is 0 Å². The van der Waals surface area contributed by atoms with Gasteiger partial charge in [0.2, 0.25) is 0 Å². The van der Waals surface area contributed by atoms with E-state index in [2.05, 4.69) is 75.8 Å². The van der Waals surface area contributed by atoms with Crippen LogP contribution in [-0.2, 0) is 0 Å². The maximum atomic E-state index is 6.60. The molecule has 1 N–H and O–H groups in total. The van der Waals surface area contributed by atoms with Crippen LogP contribution in [0.5, 0.6) is 11.5 Å². The minimum atomic E-state index is -0.164. The highest BCUT2D eigenvalue weighted by molar-refractivity contribution is 9.11. The van der Waals surface area contributed by atoms with Crippen LogP contribution in [0, 0.1) is 5.92 Å². The maximum absolute atomic E-state index is 6.60. The summed E-state index contributed by atoms with van der Waals surface area (Å²) in [5.41, 5.74) is 6.95. The van der Waals surface area contributed by atoms with E-state index in [1.54, 1.807) is 18.4 Å². The minimum Gasteiger partial charge on any atom is -0.496 e. The third kappa shape index (κ3) is 3.94. The Morgan fingerprint density at radius 3 is 2.67 bits per heavy atom. The molecule has 166 valence electrons. The number of ether oxygens (including phenoxy) is 2. The molecule has 2 aliphatic rings. The van der Waals surface area contributed by atoms with Crippen molar-refractivity contribution in [3.8, 4) is 33.8 Å². The van der Waals surface area contributed by atoms with Gasteiger partial charge in [0, 0.05) is 23.4 Å². The molecule has 33 heavy (non-hydrogen) atoms. The Hall–Kier alpha value is -2.76. The van der Waals surface area contributed by atoms with Gasteiger partial charge in [-0.15, -0.1) is 11.3 Å². The molecular weight excluding hydrogens is 494 g/mol. The molecule has 0 saturated heterocycles. The van der Waals surface area contributed by atoms with Gasteiger partial charge in [-0.05, 0) is 82.2 Å². The lowest BCUT2D eigenvalue weighted by atomic mass is 9.88. The van der Waals surface area contributed by atoms with Crippen molar-refractivity contribution >= 4 is 33.0 Å². The molecule has 1 saturated carbocycles. The van der Waals surface area contributed by atoms with Crippen LogP contribution >= 0.6 is 27.3 Å². The Morgan fingerprint density at radius 1 is 1.00 bits per heavy atom. The zero-order valence-corrected chi connectivity index (χ0v) is 20.7. The first-order valence-electron chi connectivity index (χ1n) is 11.3. The minimum absolute atomic E-state index is 0.164. The lowest BCUT2D eigenvalue weighted by Gasteiger charge is -2.30. The molecule has 2 heterocycles. The number of nitrogens with one attached hydrogen (secondary N) is 1. The lowest BCUT2D eigenvalue weighted by molar-refractivity contribution is 0.246. The van der Waals surface area contributed by atoms with Crippen molar-refractivity contribution in [2.45, 2.75) is 18.9 Å². The van der Waals surface area contributed by atoms with Crippen molar-refractivity contribution < 1.29 is 9.47 Å². The van der Waals surface area contributed by atoms with Crippen LogP contribution in [0.4, 0.5) is 5.69 Å². The molecule has 4 aromatic rings. The first-order valence-corrected chi connectivity index (χ1v) is 12.9. The molecule has 1 aliphatic heterocycles. The highest BCUT2D eigenvalue weighted by Crippen LogP contribution is 2.51. The SMILES string of the molecule is COc1cccc2c1-c1ccc(-c3ccccc3NCC3CC3)cc1C(c1ccc(Br)s1)O2. The van der Waals surface area contributed by atoms with Gasteiger partial charge in [-0.25, -0.2) is 0 Å². The van der Waals surface area contributed by atoms with Gasteiger partial charge in [-0.1, -0.05) is 36.4 Å². The number of hydrogen-bond donors (Lipinski definition) is 1. The normalized spacial score (nSPS) is 16.5. The highest BCUT2D eigenvalue weighted by atomic mass is 79.9. The molecule has 6 rings (SSSR count). The molecule has 3 aromatic carbocycles. The summed E-state index contributed by atoms with van der Waals surface area (Å²) in [6.45, 7) is 1.04. The second-order valence-electron chi connectivity index (χ2n) is 8.65. The third-order valence-corrected chi connectivity index (χ3v) is 8.09. The summed E-state index contributed by atoms with van der Waals surface area (Å²) < 4.78 is 13.4. The van der Waals surface area contributed by atoms with E-state index in [1.165, 1.54) is 34.5 Å². The zero-order chi connectivity index (χ0) is 22.4. The quantitative estimate of drug-likeness (QED) is 0.279. The van der Waals surface area contributed by atoms with Crippen LogP contribution in [0.1, 0.15) is 29.4 Å². The van der Waals surface area contributed by atoms with Crippen LogP contribution in [0.25, 0.3) is 22.3 Å². The Balaban J connectivity index is 1.49. The number of hydrogen-bond acceptors (Lipinski definition) is 4. The zero-order valence-electron chi connectivity index (χ0n) is 18.3. The van der Waals surface area contributed by atoms with Crippen LogP contribution < -0.4 is 14.8 Å². The van der Waals surface area contributed by atoms with Crippen molar-refractivity contribution in [1.82, 2.24) is 0 Å². The number of halogens is 1. The molecule has 1 aromatic heterocycles. The van der Waals surface area contributed by atoms with E-state index in [4.69, 9.17) is 9.47 Å². The first-order chi connectivity index (χ1) is 16.2. The topological polar surface area (TPSA) is 30.5 Å². The van der Waals surface area contributed by atoms with Crippen molar-refractivity contribution in [2.75, 3.05) is 19.0 Å². The predicted molar refractivity (Wildman–Crippen MR) is 140 cm³/mol. The average Bonchev–Trinajstić information content (AvgIpc) is 3.59. The van der Waals surface area contributed by atoms with E-state index < -0.39 is 0 Å².